The lowest BCUT2D eigenvalue weighted by molar-refractivity contribution is -0.591. The molecule has 1 fully saturated rings. The summed E-state index contributed by atoms with van der Waals surface area (Å²) in [5.41, 5.74) is 6.91. The lowest BCUT2D eigenvalue weighted by Gasteiger charge is -2.39. The van der Waals surface area contributed by atoms with Crippen LogP contribution < -0.4 is 11.1 Å². The predicted molar refractivity (Wildman–Crippen MR) is 90.0 cm³/mol. The van der Waals surface area contributed by atoms with Crippen molar-refractivity contribution in [3.05, 3.63) is 23.9 Å². The third-order valence-corrected chi connectivity index (χ3v) is 5.14. The Hall–Kier alpha value is -1.95. The van der Waals surface area contributed by atoms with Gasteiger partial charge in [-0.15, -0.1) is 0 Å². The van der Waals surface area contributed by atoms with Gasteiger partial charge in [0, 0.05) is 30.2 Å². The predicted octanol–water partition coefficient (Wildman–Crippen LogP) is 0.375. The van der Waals surface area contributed by atoms with Crippen LogP contribution in [0.5, 0.6) is 0 Å². The molecule has 3 aliphatic rings. The van der Waals surface area contributed by atoms with E-state index in [1.807, 2.05) is 13.0 Å². The molecule has 2 aliphatic carbocycles. The first-order chi connectivity index (χ1) is 10.9. The maximum absolute atomic E-state index is 12.1. The molecule has 2 atom stereocenters. The fourth-order valence-corrected chi connectivity index (χ4v) is 3.19. The Kier molecular flexibility index (Phi) is 4.10. The van der Waals surface area contributed by atoms with Gasteiger partial charge in [-0.05, 0) is 26.2 Å². The minimum absolute atomic E-state index is 0.0148. The quantitative estimate of drug-likeness (QED) is 0.698. The molecule has 0 saturated heterocycles. The van der Waals surface area contributed by atoms with Crippen LogP contribution in [-0.2, 0) is 4.79 Å². The van der Waals surface area contributed by atoms with Gasteiger partial charge in [-0.25, -0.2) is 4.99 Å². The normalized spacial score (nSPS) is 33.3. The van der Waals surface area contributed by atoms with Crippen molar-refractivity contribution >= 4 is 17.6 Å². The Morgan fingerprint density at radius 3 is 2.91 bits per heavy atom. The lowest BCUT2D eigenvalue weighted by Crippen LogP contribution is -2.79. The van der Waals surface area contributed by atoms with Gasteiger partial charge >= 0.3 is 0 Å². The number of aliphatic imine (C=N–C) groups is 1. The first-order valence-corrected chi connectivity index (χ1v) is 8.30. The van der Waals surface area contributed by atoms with Crippen molar-refractivity contribution < 1.29 is 10.1 Å². The van der Waals surface area contributed by atoms with E-state index in [1.165, 1.54) is 17.7 Å². The molecule has 124 valence electrons. The van der Waals surface area contributed by atoms with Gasteiger partial charge in [0.05, 0.1) is 18.5 Å². The van der Waals surface area contributed by atoms with Gasteiger partial charge in [0.2, 0.25) is 5.91 Å². The van der Waals surface area contributed by atoms with Crippen molar-refractivity contribution in [3.8, 4) is 0 Å². The summed E-state index contributed by atoms with van der Waals surface area (Å²) < 4.78 is 0. The van der Waals surface area contributed by atoms with E-state index in [2.05, 4.69) is 22.6 Å². The third kappa shape index (κ3) is 3.37. The molecule has 0 aromatic heterocycles. The monoisotopic (exact) mass is 316 g/mol. The van der Waals surface area contributed by atoms with E-state index in [0.717, 1.165) is 18.0 Å². The van der Waals surface area contributed by atoms with E-state index in [4.69, 9.17) is 11.1 Å². The zero-order valence-corrected chi connectivity index (χ0v) is 13.9. The molecule has 6 nitrogen and oxygen atoms in total. The fourth-order valence-electron chi connectivity index (χ4n) is 3.19. The first kappa shape index (κ1) is 15.9. The number of carbonyl (C=O) groups is 1. The molecule has 6 heteroatoms. The minimum Gasteiger partial charge on any atom is -0.369 e. The molecule has 1 saturated carbocycles. The molecule has 1 aliphatic heterocycles. The Labute approximate surface area is 137 Å². The van der Waals surface area contributed by atoms with Crippen molar-refractivity contribution in [2.75, 3.05) is 13.6 Å². The van der Waals surface area contributed by atoms with Crippen LogP contribution >= 0.6 is 0 Å². The number of rotatable bonds is 4. The highest BCUT2D eigenvalue weighted by Crippen LogP contribution is 2.36. The van der Waals surface area contributed by atoms with Gasteiger partial charge in [0.1, 0.15) is 6.20 Å². The van der Waals surface area contributed by atoms with E-state index in [9.17, 15) is 4.79 Å². The van der Waals surface area contributed by atoms with Crippen LogP contribution in [0.3, 0.4) is 0 Å². The lowest BCUT2D eigenvalue weighted by atomic mass is 9.75. The summed E-state index contributed by atoms with van der Waals surface area (Å²) in [7, 11) is 1.65. The molecule has 2 unspecified atom stereocenters. The molecular weight excluding hydrogens is 290 g/mol. The number of nitrogens with one attached hydrogen (secondary N) is 1. The molecule has 3 rings (SSSR count). The summed E-state index contributed by atoms with van der Waals surface area (Å²) in [4.78, 5) is 18.0. The standard InChI is InChI=1S/C17H25N5O/c1-17(8-15(23)22(2)16(19)21-17)13-6-5-12(14(18)7-13)10-20-9-11-3-4-11/h5-6,10-11,13,18,20H,3-4,7-9H2,1-2H3,(H2,19,21)/p+1. The number of hydrogen-bond donors (Lipinski definition) is 3. The van der Waals surface area contributed by atoms with Crippen LogP contribution in [0.15, 0.2) is 28.9 Å². The Bertz CT molecular complexity index is 616. The number of nitrogens with zero attached hydrogens (tertiary/aromatic N) is 2. The van der Waals surface area contributed by atoms with Crippen LogP contribution in [0.4, 0.5) is 0 Å². The van der Waals surface area contributed by atoms with Crippen LogP contribution in [0.2, 0.25) is 0 Å². The number of amides is 1. The van der Waals surface area contributed by atoms with E-state index in [-0.39, 0.29) is 17.8 Å². The highest BCUT2D eigenvalue weighted by atomic mass is 16.2. The van der Waals surface area contributed by atoms with E-state index in [1.54, 1.807) is 7.05 Å². The molecule has 0 aromatic carbocycles. The molecule has 0 bridgehead atoms. The second kappa shape index (κ2) is 5.92. The maximum Gasteiger partial charge on any atom is 0.231 e. The number of hydrogen-bond acceptors (Lipinski definition) is 4. The third-order valence-electron chi connectivity index (χ3n) is 5.14. The van der Waals surface area contributed by atoms with E-state index < -0.39 is 5.54 Å². The van der Waals surface area contributed by atoms with Gasteiger partial charge < -0.3 is 16.5 Å². The van der Waals surface area contributed by atoms with Crippen molar-refractivity contribution in [1.29, 1.82) is 5.41 Å². The van der Waals surface area contributed by atoms with Gasteiger partial charge in [-0.1, -0.05) is 12.2 Å². The topological polar surface area (TPSA) is 99.1 Å². The molecule has 0 radical (unpaired) electrons. The SMILES string of the molecule is CN1C(=O)CC(C)(C2C=CC(=C[NH2+]CC3CC3)C(=N)C2)N=C1N. The molecule has 1 heterocycles. The Balaban J connectivity index is 1.72. The van der Waals surface area contributed by atoms with Crippen molar-refractivity contribution in [3.63, 3.8) is 0 Å². The summed E-state index contributed by atoms with van der Waals surface area (Å²) in [6.07, 6.45) is 9.77. The zero-order chi connectivity index (χ0) is 16.6. The number of guanidine groups is 1. The summed E-state index contributed by atoms with van der Waals surface area (Å²) >= 11 is 0. The second-order valence-electron chi connectivity index (χ2n) is 7.14. The highest BCUT2D eigenvalue weighted by molar-refractivity contribution is 6.02. The fraction of sp³-hybridized carbons (Fsp3) is 0.588. The zero-order valence-electron chi connectivity index (χ0n) is 13.9. The number of quaternary nitrogens is 1. The van der Waals surface area contributed by atoms with Crippen LogP contribution in [-0.4, -0.2) is 41.6 Å². The van der Waals surface area contributed by atoms with Gasteiger partial charge in [-0.3, -0.25) is 9.69 Å². The van der Waals surface area contributed by atoms with Crippen LogP contribution in [0.25, 0.3) is 0 Å². The summed E-state index contributed by atoms with van der Waals surface area (Å²) in [5.74, 6) is 1.15. The van der Waals surface area contributed by atoms with E-state index in [0.29, 0.717) is 18.6 Å². The summed E-state index contributed by atoms with van der Waals surface area (Å²) in [6, 6.07) is 0. The number of carbonyl (C=O) groups excluding carboxylic acids is 1. The molecule has 0 aromatic rings. The molecule has 0 spiro atoms. The van der Waals surface area contributed by atoms with E-state index >= 15 is 0 Å². The summed E-state index contributed by atoms with van der Waals surface area (Å²) in [5, 5.41) is 10.5. The maximum atomic E-state index is 12.1. The molecular formula is C17H26N5O+. The molecule has 5 N–H and O–H groups in total. The minimum atomic E-state index is -0.556. The highest BCUT2D eigenvalue weighted by Gasteiger charge is 2.41. The van der Waals surface area contributed by atoms with Crippen LogP contribution in [0, 0.1) is 17.2 Å². The van der Waals surface area contributed by atoms with Crippen molar-refractivity contribution in [2.24, 2.45) is 22.6 Å². The average Bonchev–Trinajstić information content (AvgIpc) is 3.30. The number of nitrogens with two attached hydrogens (primary N) is 2. The number of allylic oxidation sites excluding steroid dienone is 2. The Morgan fingerprint density at radius 1 is 1.57 bits per heavy atom. The molecule has 23 heavy (non-hydrogen) atoms. The summed E-state index contributed by atoms with van der Waals surface area (Å²) in [6.45, 7) is 3.08. The largest absolute Gasteiger partial charge is 0.369 e. The second-order valence-corrected chi connectivity index (χ2v) is 7.14. The van der Waals surface area contributed by atoms with Gasteiger partial charge in [-0.2, -0.15) is 0 Å². The van der Waals surface area contributed by atoms with Gasteiger partial charge in [0.15, 0.2) is 5.96 Å². The molecule has 1 amide bonds. The first-order valence-electron chi connectivity index (χ1n) is 8.30. The smallest absolute Gasteiger partial charge is 0.231 e. The van der Waals surface area contributed by atoms with Crippen LogP contribution in [0.1, 0.15) is 32.6 Å². The Morgan fingerprint density at radius 2 is 2.30 bits per heavy atom. The van der Waals surface area contributed by atoms with Crippen molar-refractivity contribution in [2.45, 2.75) is 38.1 Å². The van der Waals surface area contributed by atoms with Gasteiger partial charge in [0.25, 0.3) is 0 Å². The van der Waals surface area contributed by atoms with Crippen molar-refractivity contribution in [1.82, 2.24) is 4.90 Å². The average molecular weight is 316 g/mol.